The maximum absolute atomic E-state index is 4.62. The van der Waals surface area contributed by atoms with Crippen molar-refractivity contribution in [3.63, 3.8) is 0 Å². The van der Waals surface area contributed by atoms with Crippen molar-refractivity contribution in [1.82, 2.24) is 9.97 Å². The first-order valence-electron chi connectivity index (χ1n) is 5.95. The van der Waals surface area contributed by atoms with Crippen LogP contribution in [0.3, 0.4) is 0 Å². The number of H-pyrrole nitrogens is 1. The standard InChI is InChI=1S/C14H15N4/c1-10-8-11(4-7-18(10)3)14-15-12-5-6-17(2)9-13(12)16-14/h4-9H,1-3H3/q+1/p+1. The molecule has 90 valence electrons. The molecule has 0 aliphatic heterocycles. The predicted molar refractivity (Wildman–Crippen MR) is 68.6 cm³/mol. The second kappa shape index (κ2) is 3.91. The second-order valence-electron chi connectivity index (χ2n) is 4.66. The molecule has 3 rings (SSSR count). The smallest absolute Gasteiger partial charge is 0.194 e. The number of nitrogens with zero attached hydrogens (tertiary/aromatic N) is 3. The molecule has 4 nitrogen and oxygen atoms in total. The number of aryl methyl sites for hydroxylation is 3. The van der Waals surface area contributed by atoms with E-state index in [0.29, 0.717) is 0 Å². The molecule has 1 N–H and O–H groups in total. The van der Waals surface area contributed by atoms with Crippen LogP contribution in [0.5, 0.6) is 0 Å². The quantitative estimate of drug-likeness (QED) is 0.637. The summed E-state index contributed by atoms with van der Waals surface area (Å²) in [6, 6.07) is 6.23. The van der Waals surface area contributed by atoms with Gasteiger partial charge in [-0.15, -0.1) is 0 Å². The summed E-state index contributed by atoms with van der Waals surface area (Å²) >= 11 is 0. The topological polar surface area (TPSA) is 36.4 Å². The highest BCUT2D eigenvalue weighted by Gasteiger charge is 2.10. The van der Waals surface area contributed by atoms with Gasteiger partial charge in [0, 0.05) is 30.7 Å². The SMILES string of the molecule is Cc1cc(-c2nc3cc[n+](C)cc3[nH]2)cc[n+]1C. The van der Waals surface area contributed by atoms with Gasteiger partial charge in [0.15, 0.2) is 24.3 Å². The monoisotopic (exact) mass is 240 g/mol. The van der Waals surface area contributed by atoms with Crippen molar-refractivity contribution >= 4 is 11.0 Å². The fourth-order valence-corrected chi connectivity index (χ4v) is 2.03. The van der Waals surface area contributed by atoms with Crippen molar-refractivity contribution in [2.45, 2.75) is 6.92 Å². The number of nitrogens with one attached hydrogen (secondary N) is 1. The van der Waals surface area contributed by atoms with Gasteiger partial charge >= 0.3 is 0 Å². The lowest BCUT2D eigenvalue weighted by Crippen LogP contribution is -2.30. The molecular weight excluding hydrogens is 224 g/mol. The highest BCUT2D eigenvalue weighted by Crippen LogP contribution is 2.18. The van der Waals surface area contributed by atoms with Crippen LogP contribution in [-0.4, -0.2) is 9.97 Å². The van der Waals surface area contributed by atoms with Crippen molar-refractivity contribution in [3.8, 4) is 11.4 Å². The lowest BCUT2D eigenvalue weighted by atomic mass is 10.2. The summed E-state index contributed by atoms with van der Waals surface area (Å²) in [5, 5.41) is 0. The molecule has 0 bridgehead atoms. The molecule has 3 heterocycles. The van der Waals surface area contributed by atoms with Gasteiger partial charge in [-0.1, -0.05) is 0 Å². The molecule has 3 aromatic rings. The summed E-state index contributed by atoms with van der Waals surface area (Å²) in [7, 11) is 4.05. The van der Waals surface area contributed by atoms with E-state index in [4.69, 9.17) is 0 Å². The lowest BCUT2D eigenvalue weighted by molar-refractivity contribution is -0.677. The van der Waals surface area contributed by atoms with E-state index in [1.807, 2.05) is 37.1 Å². The summed E-state index contributed by atoms with van der Waals surface area (Å²) in [5.74, 6) is 0.917. The van der Waals surface area contributed by atoms with Gasteiger partial charge in [0.25, 0.3) is 0 Å². The third-order valence-corrected chi connectivity index (χ3v) is 3.23. The van der Waals surface area contributed by atoms with Gasteiger partial charge in [-0.2, -0.15) is 0 Å². The van der Waals surface area contributed by atoms with Gasteiger partial charge in [0.2, 0.25) is 0 Å². The normalized spacial score (nSPS) is 11.1. The summed E-state index contributed by atoms with van der Waals surface area (Å²) in [4.78, 5) is 7.97. The first-order valence-corrected chi connectivity index (χ1v) is 5.95. The zero-order valence-electron chi connectivity index (χ0n) is 10.8. The molecule has 0 fully saturated rings. The first-order chi connectivity index (χ1) is 8.63. The summed E-state index contributed by atoms with van der Waals surface area (Å²) in [6.45, 7) is 2.09. The zero-order valence-corrected chi connectivity index (χ0v) is 10.8. The van der Waals surface area contributed by atoms with E-state index >= 15 is 0 Å². The molecule has 18 heavy (non-hydrogen) atoms. The van der Waals surface area contributed by atoms with Gasteiger partial charge in [-0.25, -0.2) is 14.1 Å². The van der Waals surface area contributed by atoms with Crippen LogP contribution in [0, 0.1) is 6.92 Å². The molecule has 0 amide bonds. The van der Waals surface area contributed by atoms with Crippen molar-refractivity contribution in [2.24, 2.45) is 14.1 Å². The summed E-state index contributed by atoms with van der Waals surface area (Å²) < 4.78 is 4.10. The number of hydrogen-bond acceptors (Lipinski definition) is 1. The number of pyridine rings is 2. The van der Waals surface area contributed by atoms with Crippen LogP contribution in [-0.2, 0) is 14.1 Å². The van der Waals surface area contributed by atoms with E-state index in [2.05, 4.69) is 39.8 Å². The van der Waals surface area contributed by atoms with E-state index < -0.39 is 0 Å². The Kier molecular flexibility index (Phi) is 2.37. The number of aromatic amines is 1. The van der Waals surface area contributed by atoms with Crippen LogP contribution < -0.4 is 9.13 Å². The molecular formula is C14H16N4+2. The predicted octanol–water partition coefficient (Wildman–Crippen LogP) is 1.19. The third-order valence-electron chi connectivity index (χ3n) is 3.23. The number of imidazole rings is 1. The minimum Gasteiger partial charge on any atom is -0.333 e. The van der Waals surface area contributed by atoms with Crippen molar-refractivity contribution in [2.75, 3.05) is 0 Å². The number of fused-ring (bicyclic) bond motifs is 1. The fraction of sp³-hybridized carbons (Fsp3) is 0.214. The van der Waals surface area contributed by atoms with Crippen molar-refractivity contribution in [3.05, 3.63) is 42.5 Å². The van der Waals surface area contributed by atoms with E-state index in [1.54, 1.807) is 0 Å². The molecule has 0 saturated carbocycles. The van der Waals surface area contributed by atoms with Crippen molar-refractivity contribution in [1.29, 1.82) is 0 Å². The lowest BCUT2D eigenvalue weighted by Gasteiger charge is -1.97. The van der Waals surface area contributed by atoms with Crippen LogP contribution in [0.4, 0.5) is 0 Å². The van der Waals surface area contributed by atoms with Gasteiger partial charge < -0.3 is 4.98 Å². The highest BCUT2D eigenvalue weighted by molar-refractivity contribution is 5.77. The Morgan fingerprint density at radius 2 is 2.00 bits per heavy atom. The van der Waals surface area contributed by atoms with Crippen LogP contribution >= 0.6 is 0 Å². The Morgan fingerprint density at radius 1 is 1.17 bits per heavy atom. The number of rotatable bonds is 1. The maximum Gasteiger partial charge on any atom is 0.194 e. The van der Waals surface area contributed by atoms with Gasteiger partial charge in [0.05, 0.1) is 0 Å². The zero-order chi connectivity index (χ0) is 12.7. The largest absolute Gasteiger partial charge is 0.333 e. The molecule has 0 atom stereocenters. The van der Waals surface area contributed by atoms with E-state index in [9.17, 15) is 0 Å². The summed E-state index contributed by atoms with van der Waals surface area (Å²) in [5.41, 5.74) is 4.37. The average molecular weight is 240 g/mol. The molecule has 3 aromatic heterocycles. The Bertz CT molecular complexity index is 728. The summed E-state index contributed by atoms with van der Waals surface area (Å²) in [6.07, 6.45) is 6.10. The van der Waals surface area contributed by atoms with E-state index in [1.165, 1.54) is 5.69 Å². The fourth-order valence-electron chi connectivity index (χ4n) is 2.03. The van der Waals surface area contributed by atoms with E-state index in [-0.39, 0.29) is 0 Å². The number of hydrogen-bond donors (Lipinski definition) is 1. The number of aromatic nitrogens is 4. The molecule has 0 radical (unpaired) electrons. The first kappa shape index (κ1) is 10.9. The minimum absolute atomic E-state index is 0.917. The molecule has 0 aliphatic carbocycles. The molecule has 0 saturated heterocycles. The van der Waals surface area contributed by atoms with Gasteiger partial charge in [-0.05, 0) is 0 Å². The molecule has 0 unspecified atom stereocenters. The van der Waals surface area contributed by atoms with Crippen LogP contribution in [0.1, 0.15) is 5.69 Å². The maximum atomic E-state index is 4.62. The van der Waals surface area contributed by atoms with Crippen LogP contribution in [0.25, 0.3) is 22.4 Å². The average Bonchev–Trinajstić information content (AvgIpc) is 2.75. The third kappa shape index (κ3) is 1.76. The highest BCUT2D eigenvalue weighted by atomic mass is 15.0. The Labute approximate surface area is 106 Å². The molecule has 0 aromatic carbocycles. The van der Waals surface area contributed by atoms with Gasteiger partial charge in [0.1, 0.15) is 31.0 Å². The molecule has 0 spiro atoms. The van der Waals surface area contributed by atoms with Crippen molar-refractivity contribution < 1.29 is 9.13 Å². The minimum atomic E-state index is 0.917. The Morgan fingerprint density at radius 3 is 2.78 bits per heavy atom. The van der Waals surface area contributed by atoms with E-state index in [0.717, 1.165) is 22.4 Å². The van der Waals surface area contributed by atoms with Crippen LogP contribution in [0.15, 0.2) is 36.8 Å². The Hall–Kier alpha value is -2.23. The van der Waals surface area contributed by atoms with Crippen LogP contribution in [0.2, 0.25) is 0 Å². The Balaban J connectivity index is 2.16. The molecule has 4 heteroatoms. The molecule has 0 aliphatic rings. The second-order valence-corrected chi connectivity index (χ2v) is 4.66. The van der Waals surface area contributed by atoms with Gasteiger partial charge in [-0.3, -0.25) is 0 Å².